The molecule has 0 radical (unpaired) electrons. The molecule has 0 N–H and O–H groups in total. The third kappa shape index (κ3) is 3.27. The lowest BCUT2D eigenvalue weighted by Crippen LogP contribution is -2.18. The highest BCUT2D eigenvalue weighted by Gasteiger charge is 2.33. The highest BCUT2D eigenvalue weighted by atomic mass is 14.4. The quantitative estimate of drug-likeness (QED) is 0.542. The molecule has 22 heavy (non-hydrogen) atoms. The zero-order valence-corrected chi connectivity index (χ0v) is 14.2. The molecule has 1 aromatic carbocycles. The lowest BCUT2D eigenvalue weighted by atomic mass is 9.76. The summed E-state index contributed by atoms with van der Waals surface area (Å²) in [6, 6.07) is 10.8. The largest absolute Gasteiger partial charge is 0.0993 e. The highest BCUT2D eigenvalue weighted by Crippen LogP contribution is 2.46. The lowest BCUT2D eigenvalue weighted by molar-refractivity contribution is 0.416. The molecule has 1 saturated carbocycles. The maximum absolute atomic E-state index is 4.46. The van der Waals surface area contributed by atoms with Crippen molar-refractivity contribution in [2.24, 2.45) is 23.7 Å². The first kappa shape index (κ1) is 15.3. The molecule has 0 heterocycles. The molecule has 0 heteroatoms. The summed E-state index contributed by atoms with van der Waals surface area (Å²) in [6.45, 7) is 11.3. The van der Waals surface area contributed by atoms with E-state index < -0.39 is 0 Å². The fourth-order valence-corrected chi connectivity index (χ4v) is 3.63. The van der Waals surface area contributed by atoms with E-state index in [0.29, 0.717) is 17.8 Å². The van der Waals surface area contributed by atoms with Crippen molar-refractivity contribution in [2.45, 2.75) is 40.0 Å². The minimum Gasteiger partial charge on any atom is -0.0993 e. The SMILES string of the molecule is C=C(C(C)C)C(CC1CC1)C1C=C(c2ccccc2)C=C1C. The Morgan fingerprint density at radius 1 is 1.18 bits per heavy atom. The molecule has 2 aliphatic carbocycles. The fraction of sp³-hybridized carbons (Fsp3) is 0.455. The van der Waals surface area contributed by atoms with Crippen LogP contribution in [0.2, 0.25) is 0 Å². The second kappa shape index (κ2) is 6.28. The van der Waals surface area contributed by atoms with Crippen molar-refractivity contribution < 1.29 is 0 Å². The van der Waals surface area contributed by atoms with Crippen LogP contribution in [0, 0.1) is 23.7 Å². The number of rotatable bonds is 6. The summed E-state index contributed by atoms with van der Waals surface area (Å²) in [7, 11) is 0. The minimum atomic E-state index is 0.547. The second-order valence-electron chi connectivity index (χ2n) is 7.42. The van der Waals surface area contributed by atoms with E-state index in [1.165, 1.54) is 41.5 Å². The van der Waals surface area contributed by atoms with Crippen LogP contribution < -0.4 is 0 Å². The van der Waals surface area contributed by atoms with Gasteiger partial charge in [0, 0.05) is 5.92 Å². The first-order chi connectivity index (χ1) is 10.6. The first-order valence-electron chi connectivity index (χ1n) is 8.70. The topological polar surface area (TPSA) is 0 Å². The molecule has 0 amide bonds. The van der Waals surface area contributed by atoms with Crippen LogP contribution in [0.5, 0.6) is 0 Å². The molecule has 0 saturated heterocycles. The maximum atomic E-state index is 4.46. The van der Waals surface area contributed by atoms with Gasteiger partial charge in [-0.3, -0.25) is 0 Å². The van der Waals surface area contributed by atoms with Gasteiger partial charge < -0.3 is 0 Å². The van der Waals surface area contributed by atoms with Crippen molar-refractivity contribution in [3.63, 3.8) is 0 Å². The minimum absolute atomic E-state index is 0.547. The predicted octanol–water partition coefficient (Wildman–Crippen LogP) is 6.27. The molecule has 2 unspecified atom stereocenters. The lowest BCUT2D eigenvalue weighted by Gasteiger charge is -2.28. The van der Waals surface area contributed by atoms with Crippen molar-refractivity contribution in [1.82, 2.24) is 0 Å². The Kier molecular flexibility index (Phi) is 4.38. The molecular formula is C22H28. The van der Waals surface area contributed by atoms with Gasteiger partial charge in [-0.1, -0.05) is 86.9 Å². The summed E-state index contributed by atoms with van der Waals surface area (Å²) in [4.78, 5) is 0. The zero-order valence-electron chi connectivity index (χ0n) is 14.2. The molecule has 2 aliphatic rings. The Morgan fingerprint density at radius 3 is 2.45 bits per heavy atom. The van der Waals surface area contributed by atoms with E-state index in [-0.39, 0.29) is 0 Å². The number of hydrogen-bond acceptors (Lipinski definition) is 0. The predicted molar refractivity (Wildman–Crippen MR) is 96.5 cm³/mol. The van der Waals surface area contributed by atoms with Gasteiger partial charge in [0.1, 0.15) is 0 Å². The van der Waals surface area contributed by atoms with Crippen molar-refractivity contribution in [3.8, 4) is 0 Å². The van der Waals surface area contributed by atoms with E-state index in [2.05, 4.69) is 69.8 Å². The fourth-order valence-electron chi connectivity index (χ4n) is 3.63. The van der Waals surface area contributed by atoms with Crippen LogP contribution in [-0.2, 0) is 0 Å². The van der Waals surface area contributed by atoms with Crippen LogP contribution >= 0.6 is 0 Å². The van der Waals surface area contributed by atoms with Crippen molar-refractivity contribution in [1.29, 1.82) is 0 Å². The van der Waals surface area contributed by atoms with Gasteiger partial charge in [0.05, 0.1) is 0 Å². The van der Waals surface area contributed by atoms with Gasteiger partial charge in [-0.05, 0) is 42.2 Å². The van der Waals surface area contributed by atoms with E-state index in [1.54, 1.807) is 0 Å². The summed E-state index contributed by atoms with van der Waals surface area (Å²) in [5.74, 6) is 2.68. The summed E-state index contributed by atoms with van der Waals surface area (Å²) in [6.07, 6.45) is 9.05. The molecule has 0 spiro atoms. The average molecular weight is 292 g/mol. The van der Waals surface area contributed by atoms with Gasteiger partial charge in [-0.2, -0.15) is 0 Å². The van der Waals surface area contributed by atoms with E-state index in [4.69, 9.17) is 0 Å². The van der Waals surface area contributed by atoms with Crippen molar-refractivity contribution in [3.05, 3.63) is 65.8 Å². The Hall–Kier alpha value is -1.56. The van der Waals surface area contributed by atoms with Crippen molar-refractivity contribution in [2.75, 3.05) is 0 Å². The van der Waals surface area contributed by atoms with Crippen LogP contribution in [0.1, 0.15) is 45.6 Å². The number of benzene rings is 1. The smallest absolute Gasteiger partial charge is 0.00521 e. The first-order valence-corrected chi connectivity index (χ1v) is 8.70. The van der Waals surface area contributed by atoms with E-state index in [9.17, 15) is 0 Å². The summed E-state index contributed by atoms with van der Waals surface area (Å²) < 4.78 is 0. The highest BCUT2D eigenvalue weighted by molar-refractivity contribution is 5.78. The molecule has 2 atom stereocenters. The zero-order chi connectivity index (χ0) is 15.7. The third-order valence-electron chi connectivity index (χ3n) is 5.31. The van der Waals surface area contributed by atoms with Gasteiger partial charge in [0.2, 0.25) is 0 Å². The Balaban J connectivity index is 1.86. The molecular weight excluding hydrogens is 264 g/mol. The van der Waals surface area contributed by atoms with Gasteiger partial charge in [-0.25, -0.2) is 0 Å². The monoisotopic (exact) mass is 292 g/mol. The Labute approximate surface area is 135 Å². The second-order valence-corrected chi connectivity index (χ2v) is 7.42. The Bertz CT molecular complexity index is 596. The average Bonchev–Trinajstić information content (AvgIpc) is 3.26. The molecule has 116 valence electrons. The summed E-state index contributed by atoms with van der Waals surface area (Å²) in [5.41, 5.74) is 5.67. The van der Waals surface area contributed by atoms with E-state index in [0.717, 1.165) is 5.92 Å². The van der Waals surface area contributed by atoms with E-state index >= 15 is 0 Å². The van der Waals surface area contributed by atoms with E-state index in [1.807, 2.05) is 0 Å². The van der Waals surface area contributed by atoms with Crippen LogP contribution in [0.25, 0.3) is 5.57 Å². The normalized spacial score (nSPS) is 22.5. The molecule has 0 nitrogen and oxygen atoms in total. The standard InChI is InChI=1S/C22H28/c1-15(2)17(4)22(13-18-10-11-18)21-14-20(12-16(21)3)19-8-6-5-7-9-19/h5-9,12,14-15,18,21-22H,4,10-11,13H2,1-3H3. The van der Waals surface area contributed by atoms with Crippen molar-refractivity contribution >= 4 is 5.57 Å². The van der Waals surface area contributed by atoms with Gasteiger partial charge in [0.15, 0.2) is 0 Å². The van der Waals surface area contributed by atoms with Gasteiger partial charge in [0.25, 0.3) is 0 Å². The summed E-state index contributed by atoms with van der Waals surface area (Å²) in [5, 5.41) is 0. The van der Waals surface area contributed by atoms with Gasteiger partial charge in [-0.15, -0.1) is 0 Å². The molecule has 3 rings (SSSR count). The number of allylic oxidation sites excluding steroid dienone is 5. The third-order valence-corrected chi connectivity index (χ3v) is 5.31. The Morgan fingerprint density at radius 2 is 1.86 bits per heavy atom. The number of hydrogen-bond donors (Lipinski definition) is 0. The van der Waals surface area contributed by atoms with Crippen LogP contribution in [-0.4, -0.2) is 0 Å². The van der Waals surface area contributed by atoms with Crippen LogP contribution in [0.3, 0.4) is 0 Å². The molecule has 1 aromatic rings. The molecule has 0 aliphatic heterocycles. The maximum Gasteiger partial charge on any atom is 0.00521 e. The molecule has 1 fully saturated rings. The van der Waals surface area contributed by atoms with Crippen LogP contribution in [0.15, 0.2) is 60.2 Å². The molecule has 0 aromatic heterocycles. The van der Waals surface area contributed by atoms with Gasteiger partial charge >= 0.3 is 0 Å². The summed E-state index contributed by atoms with van der Waals surface area (Å²) >= 11 is 0. The molecule has 0 bridgehead atoms. The van der Waals surface area contributed by atoms with Crippen LogP contribution in [0.4, 0.5) is 0 Å².